The summed E-state index contributed by atoms with van der Waals surface area (Å²) in [5.41, 5.74) is 1.13. The van der Waals surface area contributed by atoms with Crippen molar-refractivity contribution in [2.75, 3.05) is 30.0 Å². The topological polar surface area (TPSA) is 21.3 Å². The van der Waals surface area contributed by atoms with Crippen LogP contribution in [-0.4, -0.2) is 30.8 Å². The Morgan fingerprint density at radius 3 is 2.88 bits per heavy atom. The lowest BCUT2D eigenvalue weighted by Crippen LogP contribution is -2.11. The van der Waals surface area contributed by atoms with E-state index < -0.39 is 0 Å². The quantitative estimate of drug-likeness (QED) is 0.798. The lowest BCUT2D eigenvalue weighted by molar-refractivity contribution is 0.129. The molecular formula is C13H18ClNOS. The summed E-state index contributed by atoms with van der Waals surface area (Å²) in [4.78, 5) is 0. The number of hydrogen-bond donors (Lipinski definition) is 1. The van der Waals surface area contributed by atoms with E-state index in [4.69, 9.17) is 16.3 Å². The Labute approximate surface area is 112 Å². The van der Waals surface area contributed by atoms with Crippen LogP contribution in [0.5, 0.6) is 0 Å². The minimum atomic E-state index is 0.496. The maximum Gasteiger partial charge on any atom is 0.0666 e. The van der Waals surface area contributed by atoms with Gasteiger partial charge in [-0.1, -0.05) is 11.6 Å². The second-order valence-corrected chi connectivity index (χ2v) is 5.73. The minimum absolute atomic E-state index is 0.496. The Balaban J connectivity index is 1.55. The average Bonchev–Trinajstić information content (AvgIpc) is 2.84. The fraction of sp³-hybridized carbons (Fsp3) is 0.538. The second-order valence-electron chi connectivity index (χ2n) is 4.14. The van der Waals surface area contributed by atoms with E-state index in [2.05, 4.69) is 5.32 Å². The van der Waals surface area contributed by atoms with Gasteiger partial charge in [0.2, 0.25) is 0 Å². The normalized spacial score (nSPS) is 19.5. The molecule has 1 aromatic carbocycles. The molecule has 2 nitrogen and oxygen atoms in total. The molecule has 0 amide bonds. The van der Waals surface area contributed by atoms with Crippen LogP contribution in [0.3, 0.4) is 0 Å². The highest BCUT2D eigenvalue weighted by atomic mass is 35.5. The molecule has 1 unspecified atom stereocenters. The van der Waals surface area contributed by atoms with Gasteiger partial charge in [0.15, 0.2) is 0 Å². The number of hydrogen-bond acceptors (Lipinski definition) is 3. The van der Waals surface area contributed by atoms with E-state index >= 15 is 0 Å². The van der Waals surface area contributed by atoms with Crippen molar-refractivity contribution in [1.29, 1.82) is 0 Å². The predicted octanol–water partition coefficient (Wildman–Crippen LogP) is 3.66. The molecule has 94 valence electrons. The molecule has 0 aliphatic carbocycles. The molecular weight excluding hydrogens is 254 g/mol. The van der Waals surface area contributed by atoms with E-state index in [1.165, 1.54) is 12.8 Å². The van der Waals surface area contributed by atoms with E-state index in [0.717, 1.165) is 35.4 Å². The molecule has 1 N–H and O–H groups in total. The van der Waals surface area contributed by atoms with Crippen molar-refractivity contribution in [3.63, 3.8) is 0 Å². The molecule has 1 aromatic rings. The number of ether oxygens (including phenoxy) is 1. The van der Waals surface area contributed by atoms with Gasteiger partial charge in [-0.05, 0) is 37.1 Å². The monoisotopic (exact) mass is 271 g/mol. The number of halogens is 1. The highest BCUT2D eigenvalue weighted by Crippen LogP contribution is 2.17. The van der Waals surface area contributed by atoms with Crippen molar-refractivity contribution in [3.8, 4) is 0 Å². The second kappa shape index (κ2) is 7.14. The predicted molar refractivity (Wildman–Crippen MR) is 76.2 cm³/mol. The van der Waals surface area contributed by atoms with Crippen LogP contribution in [0.1, 0.15) is 12.8 Å². The summed E-state index contributed by atoms with van der Waals surface area (Å²) < 4.78 is 5.58. The smallest absolute Gasteiger partial charge is 0.0666 e. The molecule has 0 saturated carbocycles. The molecule has 2 rings (SSSR count). The maximum absolute atomic E-state index is 5.82. The summed E-state index contributed by atoms with van der Waals surface area (Å²) in [5, 5.41) is 4.16. The number of nitrogens with one attached hydrogen (secondary N) is 1. The zero-order valence-corrected chi connectivity index (χ0v) is 11.4. The Morgan fingerprint density at radius 1 is 1.35 bits per heavy atom. The third kappa shape index (κ3) is 4.78. The van der Waals surface area contributed by atoms with Gasteiger partial charge in [-0.15, -0.1) is 0 Å². The van der Waals surface area contributed by atoms with Crippen molar-refractivity contribution in [2.45, 2.75) is 18.9 Å². The molecule has 0 bridgehead atoms. The van der Waals surface area contributed by atoms with Crippen molar-refractivity contribution in [2.24, 2.45) is 0 Å². The fourth-order valence-electron chi connectivity index (χ4n) is 1.83. The average molecular weight is 272 g/mol. The summed E-state index contributed by atoms with van der Waals surface area (Å²) in [5.74, 6) is 2.24. The molecule has 0 radical (unpaired) electrons. The van der Waals surface area contributed by atoms with Gasteiger partial charge in [0.1, 0.15) is 0 Å². The summed E-state index contributed by atoms with van der Waals surface area (Å²) in [7, 11) is 0. The maximum atomic E-state index is 5.82. The lowest BCUT2D eigenvalue weighted by atomic mass is 10.3. The van der Waals surface area contributed by atoms with Crippen LogP contribution >= 0.6 is 23.4 Å². The van der Waals surface area contributed by atoms with Gasteiger partial charge in [0, 0.05) is 35.4 Å². The SMILES string of the molecule is Clc1ccc(NCCSCC2CCCO2)cc1. The van der Waals surface area contributed by atoms with Gasteiger partial charge in [-0.2, -0.15) is 11.8 Å². The molecule has 17 heavy (non-hydrogen) atoms. The molecule has 1 atom stereocenters. The molecule has 0 aromatic heterocycles. The first-order valence-corrected chi connectivity index (χ1v) is 7.56. The van der Waals surface area contributed by atoms with Gasteiger partial charge in [-0.3, -0.25) is 0 Å². The van der Waals surface area contributed by atoms with Crippen molar-refractivity contribution in [3.05, 3.63) is 29.3 Å². The van der Waals surface area contributed by atoms with Crippen LogP contribution in [0.4, 0.5) is 5.69 Å². The first-order valence-electron chi connectivity index (χ1n) is 6.03. The number of anilines is 1. The first-order chi connectivity index (χ1) is 8.34. The lowest BCUT2D eigenvalue weighted by Gasteiger charge is -2.09. The summed E-state index contributed by atoms with van der Waals surface area (Å²) >= 11 is 7.78. The summed E-state index contributed by atoms with van der Waals surface area (Å²) in [6.45, 7) is 1.94. The fourth-order valence-corrected chi connectivity index (χ4v) is 2.89. The van der Waals surface area contributed by atoms with Gasteiger partial charge in [0.25, 0.3) is 0 Å². The van der Waals surface area contributed by atoms with Crippen LogP contribution in [0, 0.1) is 0 Å². The molecule has 1 aliphatic rings. The Bertz CT molecular complexity index is 325. The molecule has 4 heteroatoms. The van der Waals surface area contributed by atoms with E-state index in [0.29, 0.717) is 6.10 Å². The molecule has 1 saturated heterocycles. The summed E-state index contributed by atoms with van der Waals surface area (Å²) in [6, 6.07) is 7.83. The van der Waals surface area contributed by atoms with Crippen molar-refractivity contribution < 1.29 is 4.74 Å². The van der Waals surface area contributed by atoms with Crippen molar-refractivity contribution in [1.82, 2.24) is 0 Å². The van der Waals surface area contributed by atoms with Crippen LogP contribution in [0.25, 0.3) is 0 Å². The van der Waals surface area contributed by atoms with Gasteiger partial charge in [0.05, 0.1) is 6.10 Å². The standard InChI is InChI=1S/C13H18ClNOS/c14-11-3-5-12(6-4-11)15-7-9-17-10-13-2-1-8-16-13/h3-6,13,15H,1-2,7-10H2. The van der Waals surface area contributed by atoms with Gasteiger partial charge < -0.3 is 10.1 Å². The highest BCUT2D eigenvalue weighted by molar-refractivity contribution is 7.99. The Morgan fingerprint density at radius 2 is 2.18 bits per heavy atom. The third-order valence-electron chi connectivity index (χ3n) is 2.75. The van der Waals surface area contributed by atoms with Crippen LogP contribution < -0.4 is 5.32 Å². The molecule has 1 heterocycles. The highest BCUT2D eigenvalue weighted by Gasteiger charge is 2.14. The van der Waals surface area contributed by atoms with E-state index in [9.17, 15) is 0 Å². The van der Waals surface area contributed by atoms with Gasteiger partial charge >= 0.3 is 0 Å². The van der Waals surface area contributed by atoms with Crippen molar-refractivity contribution >= 4 is 29.1 Å². The molecule has 0 spiro atoms. The minimum Gasteiger partial charge on any atom is -0.384 e. The third-order valence-corrected chi connectivity index (χ3v) is 4.10. The Hall–Kier alpha value is -0.380. The zero-order chi connectivity index (χ0) is 11.9. The Kier molecular flexibility index (Phi) is 5.49. The van der Waals surface area contributed by atoms with Gasteiger partial charge in [-0.25, -0.2) is 0 Å². The number of benzene rings is 1. The largest absolute Gasteiger partial charge is 0.384 e. The van der Waals surface area contributed by atoms with Crippen LogP contribution in [-0.2, 0) is 4.74 Å². The number of thioether (sulfide) groups is 1. The van der Waals surface area contributed by atoms with E-state index in [-0.39, 0.29) is 0 Å². The van der Waals surface area contributed by atoms with Crippen LogP contribution in [0.15, 0.2) is 24.3 Å². The van der Waals surface area contributed by atoms with E-state index in [1.807, 2.05) is 36.0 Å². The molecule has 1 fully saturated rings. The van der Waals surface area contributed by atoms with Crippen LogP contribution in [0.2, 0.25) is 5.02 Å². The first kappa shape index (κ1) is 13.1. The summed E-state index contributed by atoms with van der Waals surface area (Å²) in [6.07, 6.45) is 2.96. The zero-order valence-electron chi connectivity index (χ0n) is 9.82. The molecule has 1 aliphatic heterocycles. The van der Waals surface area contributed by atoms with E-state index in [1.54, 1.807) is 0 Å². The number of rotatable bonds is 6.